The molecular weight excluding hydrogens is 478 g/mol. The molecule has 2 aromatic heterocycles. The van der Waals surface area contributed by atoms with Crippen molar-refractivity contribution in [3.63, 3.8) is 0 Å². The summed E-state index contributed by atoms with van der Waals surface area (Å²) in [5.74, 6) is 0.225. The molecule has 0 saturated heterocycles. The summed E-state index contributed by atoms with van der Waals surface area (Å²) in [7, 11) is -2.19. The molecular formula is C26H27N5O4S. The number of hydrogen-bond acceptors (Lipinski definition) is 6. The van der Waals surface area contributed by atoms with Gasteiger partial charge in [0.1, 0.15) is 22.9 Å². The van der Waals surface area contributed by atoms with Gasteiger partial charge in [0.05, 0.1) is 11.9 Å². The minimum Gasteiger partial charge on any atom is -0.486 e. The molecule has 2 heterocycles. The molecule has 0 atom stereocenters. The second kappa shape index (κ2) is 10.1. The van der Waals surface area contributed by atoms with Crippen molar-refractivity contribution in [2.75, 3.05) is 0 Å². The average Bonchev–Trinajstić information content (AvgIpc) is 3.57. The highest BCUT2D eigenvalue weighted by atomic mass is 32.2. The Labute approximate surface area is 209 Å². The number of hydrogen-bond donors (Lipinski definition) is 1. The Balaban J connectivity index is 1.45. The van der Waals surface area contributed by atoms with E-state index in [9.17, 15) is 13.2 Å². The molecule has 0 amide bonds. The summed E-state index contributed by atoms with van der Waals surface area (Å²) in [5, 5.41) is 8.29. The summed E-state index contributed by atoms with van der Waals surface area (Å²) in [6, 6.07) is 17.6. The molecule has 5 rings (SSSR count). The van der Waals surface area contributed by atoms with Crippen molar-refractivity contribution in [2.24, 2.45) is 7.05 Å². The number of nitrogens with one attached hydrogen (secondary N) is 1. The van der Waals surface area contributed by atoms with E-state index in [1.807, 2.05) is 30.3 Å². The van der Waals surface area contributed by atoms with Crippen LogP contribution < -0.4 is 15.0 Å². The molecule has 0 spiro atoms. The monoisotopic (exact) mass is 505 g/mol. The molecule has 0 radical (unpaired) electrons. The van der Waals surface area contributed by atoms with Gasteiger partial charge in [0.2, 0.25) is 15.6 Å². The molecule has 9 nitrogen and oxygen atoms in total. The van der Waals surface area contributed by atoms with Crippen LogP contribution in [-0.4, -0.2) is 34.0 Å². The van der Waals surface area contributed by atoms with Gasteiger partial charge in [-0.05, 0) is 54.3 Å². The SMILES string of the molecule is Cn1cc(-c2ccc(OCc3cn(-c4ccccc4)nn3)c(S(=O)(=O)NC3CCCC3)c2)ccc1=O. The van der Waals surface area contributed by atoms with Gasteiger partial charge in [0, 0.05) is 25.4 Å². The summed E-state index contributed by atoms with van der Waals surface area (Å²) in [5.41, 5.74) is 2.68. The van der Waals surface area contributed by atoms with Crippen LogP contribution >= 0.6 is 0 Å². The van der Waals surface area contributed by atoms with Gasteiger partial charge in [0.25, 0.3) is 0 Å². The maximum atomic E-state index is 13.4. The third kappa shape index (κ3) is 5.24. The highest BCUT2D eigenvalue weighted by Crippen LogP contribution is 2.31. The first-order chi connectivity index (χ1) is 17.4. The first-order valence-electron chi connectivity index (χ1n) is 11.8. The van der Waals surface area contributed by atoms with Crippen LogP contribution in [0.15, 0.2) is 82.7 Å². The predicted octanol–water partition coefficient (Wildman–Crippen LogP) is 3.43. The minimum absolute atomic E-state index is 0.0520. The summed E-state index contributed by atoms with van der Waals surface area (Å²) in [6.45, 7) is 0.0535. The molecule has 2 aromatic carbocycles. The van der Waals surface area contributed by atoms with Crippen molar-refractivity contribution in [3.8, 4) is 22.6 Å². The van der Waals surface area contributed by atoms with Gasteiger partial charge in [-0.1, -0.05) is 42.3 Å². The second-order valence-electron chi connectivity index (χ2n) is 8.91. The van der Waals surface area contributed by atoms with E-state index in [0.717, 1.165) is 36.9 Å². The lowest BCUT2D eigenvalue weighted by Crippen LogP contribution is -2.33. The van der Waals surface area contributed by atoms with E-state index in [2.05, 4.69) is 15.0 Å². The summed E-state index contributed by atoms with van der Waals surface area (Å²) >= 11 is 0. The van der Waals surface area contributed by atoms with Gasteiger partial charge >= 0.3 is 0 Å². The molecule has 1 fully saturated rings. The minimum atomic E-state index is -3.85. The number of ether oxygens (including phenoxy) is 1. The first-order valence-corrected chi connectivity index (χ1v) is 13.3. The molecule has 0 bridgehead atoms. The number of benzene rings is 2. The topological polar surface area (TPSA) is 108 Å². The Morgan fingerprint density at radius 2 is 1.75 bits per heavy atom. The third-order valence-corrected chi connectivity index (χ3v) is 7.81. The lowest BCUT2D eigenvalue weighted by Gasteiger charge is -2.17. The number of aromatic nitrogens is 4. The van der Waals surface area contributed by atoms with Crippen LogP contribution in [0, 0.1) is 0 Å². The summed E-state index contributed by atoms with van der Waals surface area (Å²) < 4.78 is 38.8. The lowest BCUT2D eigenvalue weighted by molar-refractivity contribution is 0.293. The van der Waals surface area contributed by atoms with Gasteiger partial charge in [-0.2, -0.15) is 0 Å². The van der Waals surface area contributed by atoms with Crippen LogP contribution in [0.2, 0.25) is 0 Å². The van der Waals surface area contributed by atoms with Crippen LogP contribution in [0.5, 0.6) is 5.75 Å². The molecule has 0 aliphatic heterocycles. The first kappa shape index (κ1) is 24.0. The van der Waals surface area contributed by atoms with E-state index in [4.69, 9.17) is 4.74 Å². The van der Waals surface area contributed by atoms with E-state index in [1.54, 1.807) is 48.4 Å². The fourth-order valence-electron chi connectivity index (χ4n) is 4.33. The molecule has 1 aliphatic rings. The van der Waals surface area contributed by atoms with E-state index in [-0.39, 0.29) is 28.9 Å². The zero-order valence-corrected chi connectivity index (χ0v) is 20.7. The van der Waals surface area contributed by atoms with Crippen molar-refractivity contribution < 1.29 is 13.2 Å². The fourth-order valence-corrected chi connectivity index (χ4v) is 5.81. The maximum absolute atomic E-state index is 13.4. The normalized spacial score (nSPS) is 14.2. The molecule has 4 aromatic rings. The van der Waals surface area contributed by atoms with Gasteiger partial charge in [-0.3, -0.25) is 4.79 Å². The van der Waals surface area contributed by atoms with Gasteiger partial charge in [0.15, 0.2) is 0 Å². The summed E-state index contributed by atoms with van der Waals surface area (Å²) in [4.78, 5) is 11.9. The van der Waals surface area contributed by atoms with Crippen molar-refractivity contribution in [2.45, 2.75) is 43.2 Å². The Morgan fingerprint density at radius 1 is 1.00 bits per heavy atom. The number of nitrogens with zero attached hydrogens (tertiary/aromatic N) is 4. The van der Waals surface area contributed by atoms with Crippen molar-refractivity contribution >= 4 is 10.0 Å². The van der Waals surface area contributed by atoms with Crippen LogP contribution in [0.3, 0.4) is 0 Å². The molecule has 36 heavy (non-hydrogen) atoms. The second-order valence-corrected chi connectivity index (χ2v) is 10.6. The zero-order chi connectivity index (χ0) is 25.1. The maximum Gasteiger partial charge on any atom is 0.250 e. The van der Waals surface area contributed by atoms with E-state index in [0.29, 0.717) is 11.3 Å². The number of rotatable bonds is 8. The van der Waals surface area contributed by atoms with E-state index < -0.39 is 10.0 Å². The molecule has 1 aliphatic carbocycles. The number of sulfonamides is 1. The van der Waals surface area contributed by atoms with Crippen LogP contribution in [-0.2, 0) is 23.7 Å². The molecule has 10 heteroatoms. The van der Waals surface area contributed by atoms with E-state index >= 15 is 0 Å². The van der Waals surface area contributed by atoms with Crippen LogP contribution in [0.25, 0.3) is 16.8 Å². The highest BCUT2D eigenvalue weighted by molar-refractivity contribution is 7.89. The van der Waals surface area contributed by atoms with Gasteiger partial charge in [-0.25, -0.2) is 17.8 Å². The van der Waals surface area contributed by atoms with Crippen molar-refractivity contribution in [1.82, 2.24) is 24.3 Å². The number of pyridine rings is 1. The van der Waals surface area contributed by atoms with Crippen molar-refractivity contribution in [1.29, 1.82) is 0 Å². The van der Waals surface area contributed by atoms with Crippen LogP contribution in [0.4, 0.5) is 0 Å². The number of para-hydroxylation sites is 1. The largest absolute Gasteiger partial charge is 0.486 e. The highest BCUT2D eigenvalue weighted by Gasteiger charge is 2.26. The smallest absolute Gasteiger partial charge is 0.250 e. The summed E-state index contributed by atoms with van der Waals surface area (Å²) in [6.07, 6.45) is 7.08. The van der Waals surface area contributed by atoms with E-state index in [1.165, 1.54) is 10.6 Å². The van der Waals surface area contributed by atoms with Crippen molar-refractivity contribution in [3.05, 3.63) is 89.1 Å². The fraction of sp³-hybridized carbons (Fsp3) is 0.269. The third-order valence-electron chi connectivity index (χ3n) is 6.27. The van der Waals surface area contributed by atoms with Crippen LogP contribution in [0.1, 0.15) is 31.4 Å². The zero-order valence-electron chi connectivity index (χ0n) is 19.9. The molecule has 1 N–H and O–H groups in total. The predicted molar refractivity (Wildman–Crippen MR) is 135 cm³/mol. The molecule has 0 unspecified atom stereocenters. The van der Waals surface area contributed by atoms with Gasteiger partial charge < -0.3 is 9.30 Å². The molecule has 186 valence electrons. The standard InChI is InChI=1S/C26H27N5O4S/c1-30-16-20(12-14-26(30)32)19-11-13-24(25(15-19)36(33,34)28-21-7-5-6-8-21)35-18-22-17-31(29-27-22)23-9-3-2-4-10-23/h2-4,9-17,21,28H,5-8,18H2,1H3. The van der Waals surface area contributed by atoms with Gasteiger partial charge in [-0.15, -0.1) is 5.10 Å². The Hall–Kier alpha value is -3.76. The number of aryl methyl sites for hydroxylation is 1. The Bertz CT molecular complexity index is 1520. The average molecular weight is 506 g/mol. The molecule has 1 saturated carbocycles. The lowest BCUT2D eigenvalue weighted by atomic mass is 10.1. The Kier molecular flexibility index (Phi) is 6.71. The quantitative estimate of drug-likeness (QED) is 0.393. The Morgan fingerprint density at radius 3 is 2.50 bits per heavy atom.